The molecule has 2 aromatic carbocycles. The van der Waals surface area contributed by atoms with Gasteiger partial charge in [0.1, 0.15) is 5.69 Å². The summed E-state index contributed by atoms with van der Waals surface area (Å²) < 4.78 is 66.7. The molecule has 3 rings (SSSR count). The Morgan fingerprint density at radius 2 is 1.72 bits per heavy atom. The molecule has 0 aliphatic rings. The minimum absolute atomic E-state index is 0.406. The van der Waals surface area contributed by atoms with Crippen molar-refractivity contribution in [2.24, 2.45) is 0 Å². The van der Waals surface area contributed by atoms with Gasteiger partial charge in [0, 0.05) is 24.1 Å². The molecular formula is C20H18F3N3O5S. The topological polar surface area (TPSA) is 111 Å². The first kappa shape index (κ1) is 23.4. The van der Waals surface area contributed by atoms with Gasteiger partial charge in [-0.2, -0.15) is 13.2 Å². The fourth-order valence-corrected chi connectivity index (χ4v) is 3.45. The van der Waals surface area contributed by atoms with Crippen molar-refractivity contribution >= 4 is 16.0 Å². The third-order valence-corrected chi connectivity index (χ3v) is 5.41. The SMILES string of the molecule is CNCCc1nc(-c2ccc(S(=O)(=O)NOC(=O)C(F)(F)F)cc2)c(-c2ccccc2)o1. The van der Waals surface area contributed by atoms with E-state index in [0.29, 0.717) is 35.9 Å². The summed E-state index contributed by atoms with van der Waals surface area (Å²) in [6.45, 7) is 0.633. The maximum Gasteiger partial charge on any atom is 0.492 e. The van der Waals surface area contributed by atoms with Crippen LogP contribution >= 0.6 is 0 Å². The van der Waals surface area contributed by atoms with Crippen LogP contribution < -0.4 is 10.2 Å². The first-order chi connectivity index (χ1) is 15.1. The van der Waals surface area contributed by atoms with Crippen LogP contribution in [0.4, 0.5) is 13.2 Å². The van der Waals surface area contributed by atoms with Gasteiger partial charge in [0.15, 0.2) is 11.7 Å². The lowest BCUT2D eigenvalue weighted by Crippen LogP contribution is -2.34. The molecule has 0 saturated heterocycles. The number of likely N-dealkylation sites (N-methyl/N-ethyl adjacent to an activating group) is 1. The molecule has 0 radical (unpaired) electrons. The van der Waals surface area contributed by atoms with Gasteiger partial charge in [0.25, 0.3) is 10.0 Å². The van der Waals surface area contributed by atoms with Crippen LogP contribution in [0.3, 0.4) is 0 Å². The molecule has 0 unspecified atom stereocenters. The average Bonchev–Trinajstić information content (AvgIpc) is 3.20. The summed E-state index contributed by atoms with van der Waals surface area (Å²) in [6.07, 6.45) is -4.81. The van der Waals surface area contributed by atoms with E-state index in [2.05, 4.69) is 15.1 Å². The number of carbonyl (C=O) groups excluding carboxylic acids is 1. The molecule has 0 saturated carbocycles. The number of benzene rings is 2. The predicted molar refractivity (Wildman–Crippen MR) is 107 cm³/mol. The van der Waals surface area contributed by atoms with E-state index in [-0.39, 0.29) is 0 Å². The van der Waals surface area contributed by atoms with E-state index in [1.807, 2.05) is 30.3 Å². The molecule has 0 bridgehead atoms. The number of oxazole rings is 1. The molecule has 1 aromatic heterocycles. The number of alkyl halides is 3. The van der Waals surface area contributed by atoms with Crippen LogP contribution in [0.5, 0.6) is 0 Å². The number of aromatic nitrogens is 1. The fraction of sp³-hybridized carbons (Fsp3) is 0.200. The molecule has 0 aliphatic carbocycles. The van der Waals surface area contributed by atoms with Crippen LogP contribution in [0.15, 0.2) is 63.9 Å². The number of sulfonamides is 1. The number of carbonyl (C=O) groups is 1. The smallest absolute Gasteiger partial charge is 0.440 e. The van der Waals surface area contributed by atoms with Gasteiger partial charge < -0.3 is 14.6 Å². The van der Waals surface area contributed by atoms with Gasteiger partial charge >= 0.3 is 12.1 Å². The summed E-state index contributed by atoms with van der Waals surface area (Å²) in [5.41, 5.74) is 1.76. The Morgan fingerprint density at radius 1 is 1.06 bits per heavy atom. The number of rotatable bonds is 8. The summed E-state index contributed by atoms with van der Waals surface area (Å²) in [4.78, 5) is 19.6. The van der Waals surface area contributed by atoms with Gasteiger partial charge in [0.2, 0.25) is 0 Å². The number of nitrogens with zero attached hydrogens (tertiary/aromatic N) is 1. The van der Waals surface area contributed by atoms with E-state index < -0.39 is 27.1 Å². The van der Waals surface area contributed by atoms with E-state index in [0.717, 1.165) is 17.7 Å². The van der Waals surface area contributed by atoms with Crippen LogP contribution in [0.2, 0.25) is 0 Å². The molecule has 0 aliphatic heterocycles. The molecule has 8 nitrogen and oxygen atoms in total. The Morgan fingerprint density at radius 3 is 2.31 bits per heavy atom. The van der Waals surface area contributed by atoms with Gasteiger partial charge in [-0.1, -0.05) is 42.5 Å². The lowest BCUT2D eigenvalue weighted by Gasteiger charge is -2.09. The monoisotopic (exact) mass is 469 g/mol. The Hall–Kier alpha value is -3.22. The molecule has 0 spiro atoms. The Bertz CT molecular complexity index is 1180. The minimum atomic E-state index is -5.34. The molecule has 0 amide bonds. The second kappa shape index (κ2) is 9.51. The highest BCUT2D eigenvalue weighted by atomic mass is 32.2. The van der Waals surface area contributed by atoms with E-state index in [4.69, 9.17) is 4.42 Å². The molecule has 0 atom stereocenters. The molecule has 170 valence electrons. The van der Waals surface area contributed by atoms with Crippen molar-refractivity contribution in [3.63, 3.8) is 0 Å². The fourth-order valence-electron chi connectivity index (χ4n) is 2.67. The normalized spacial score (nSPS) is 12.0. The highest BCUT2D eigenvalue weighted by molar-refractivity contribution is 7.89. The van der Waals surface area contributed by atoms with Gasteiger partial charge in [-0.05, 0) is 24.1 Å². The molecule has 2 N–H and O–H groups in total. The summed E-state index contributed by atoms with van der Waals surface area (Å²) in [7, 11) is -2.74. The molecule has 1 heterocycles. The Labute approximate surface area is 181 Å². The van der Waals surface area contributed by atoms with Crippen LogP contribution in [-0.2, 0) is 26.1 Å². The van der Waals surface area contributed by atoms with Crippen molar-refractivity contribution < 1.29 is 35.6 Å². The standard InChI is InChI=1S/C20H18F3N3O5S/c1-24-12-11-16-25-17(18(30-16)14-5-3-2-4-6-14)13-7-9-15(10-8-13)32(28,29)26-31-19(27)20(21,22)23/h2-10,24,26H,11-12H2,1H3. The van der Waals surface area contributed by atoms with Crippen LogP contribution in [0.1, 0.15) is 5.89 Å². The molecular weight excluding hydrogens is 451 g/mol. The summed E-state index contributed by atoms with van der Waals surface area (Å²) in [5.74, 6) is -1.71. The lowest BCUT2D eigenvalue weighted by atomic mass is 10.1. The van der Waals surface area contributed by atoms with Crippen molar-refractivity contribution in [1.82, 2.24) is 15.2 Å². The quantitative estimate of drug-likeness (QED) is 0.488. The molecule has 3 aromatic rings. The highest BCUT2D eigenvalue weighted by Crippen LogP contribution is 2.33. The number of nitrogens with one attached hydrogen (secondary N) is 2. The predicted octanol–water partition coefficient (Wildman–Crippen LogP) is 3.07. The largest absolute Gasteiger partial charge is 0.492 e. The lowest BCUT2D eigenvalue weighted by molar-refractivity contribution is -0.203. The van der Waals surface area contributed by atoms with Gasteiger partial charge in [-0.3, -0.25) is 0 Å². The third-order valence-electron chi connectivity index (χ3n) is 4.21. The second-order valence-corrected chi connectivity index (χ2v) is 8.15. The zero-order valence-corrected chi connectivity index (χ0v) is 17.5. The van der Waals surface area contributed by atoms with Gasteiger partial charge in [-0.15, -0.1) is 0 Å². The Kier molecular flexibility index (Phi) is 6.96. The first-order valence-corrected chi connectivity index (χ1v) is 10.7. The van der Waals surface area contributed by atoms with Crippen molar-refractivity contribution in [1.29, 1.82) is 0 Å². The number of halogens is 3. The van der Waals surface area contributed by atoms with E-state index in [1.54, 1.807) is 7.05 Å². The zero-order valence-electron chi connectivity index (χ0n) is 16.6. The van der Waals surface area contributed by atoms with E-state index in [1.165, 1.54) is 17.0 Å². The second-order valence-electron chi connectivity index (χ2n) is 6.50. The maximum absolute atomic E-state index is 12.2. The van der Waals surface area contributed by atoms with Crippen molar-refractivity contribution in [3.05, 3.63) is 60.5 Å². The molecule has 0 fully saturated rings. The van der Waals surface area contributed by atoms with Crippen molar-refractivity contribution in [2.45, 2.75) is 17.5 Å². The first-order valence-electron chi connectivity index (χ1n) is 9.22. The average molecular weight is 469 g/mol. The van der Waals surface area contributed by atoms with Crippen molar-refractivity contribution in [2.75, 3.05) is 13.6 Å². The van der Waals surface area contributed by atoms with Crippen LogP contribution in [0.25, 0.3) is 22.6 Å². The summed E-state index contributed by atoms with van der Waals surface area (Å²) >= 11 is 0. The summed E-state index contributed by atoms with van der Waals surface area (Å²) in [5, 5.41) is 3.00. The number of hydrogen-bond donors (Lipinski definition) is 2. The minimum Gasteiger partial charge on any atom is -0.440 e. The van der Waals surface area contributed by atoms with E-state index in [9.17, 15) is 26.4 Å². The van der Waals surface area contributed by atoms with Crippen LogP contribution in [0, 0.1) is 0 Å². The Balaban J connectivity index is 1.88. The number of hydrogen-bond acceptors (Lipinski definition) is 7. The van der Waals surface area contributed by atoms with E-state index >= 15 is 0 Å². The summed E-state index contributed by atoms with van der Waals surface area (Å²) in [6, 6.07) is 14.3. The van der Waals surface area contributed by atoms with Gasteiger partial charge in [-0.25, -0.2) is 18.2 Å². The third kappa shape index (κ3) is 5.52. The van der Waals surface area contributed by atoms with Crippen molar-refractivity contribution in [3.8, 4) is 22.6 Å². The zero-order chi connectivity index (χ0) is 23.4. The maximum atomic E-state index is 12.2. The van der Waals surface area contributed by atoms with Crippen LogP contribution in [-0.4, -0.2) is 39.1 Å². The molecule has 32 heavy (non-hydrogen) atoms. The van der Waals surface area contributed by atoms with Gasteiger partial charge in [0.05, 0.1) is 4.90 Å². The highest BCUT2D eigenvalue weighted by Gasteiger charge is 2.42. The molecule has 12 heteroatoms.